The number of ether oxygens (including phenoxy) is 2. The third kappa shape index (κ3) is 6.61. The van der Waals surface area contributed by atoms with Crippen LogP contribution < -0.4 is 5.32 Å². The number of carbonyl (C=O) groups excluding carboxylic acids is 1. The number of carbonyl (C=O) groups is 1. The second-order valence-corrected chi connectivity index (χ2v) is 9.71. The van der Waals surface area contributed by atoms with Crippen LogP contribution in [0.25, 0.3) is 11.0 Å². The number of aromatic nitrogens is 5. The molecule has 0 unspecified atom stereocenters. The van der Waals surface area contributed by atoms with Gasteiger partial charge in [0.2, 0.25) is 5.13 Å². The van der Waals surface area contributed by atoms with Crippen molar-refractivity contribution in [1.82, 2.24) is 25.4 Å². The third-order valence-corrected chi connectivity index (χ3v) is 6.81. The number of aromatic amines is 1. The largest absolute Gasteiger partial charge is 0.446 e. The Morgan fingerprint density at radius 1 is 1.06 bits per heavy atom. The second-order valence-electron chi connectivity index (χ2n) is 8.65. The number of unbranched alkanes of at least 4 members (excludes halogenated alkanes) is 1. The van der Waals surface area contributed by atoms with Gasteiger partial charge in [0.25, 0.3) is 0 Å². The predicted molar refractivity (Wildman–Crippen MR) is 134 cm³/mol. The van der Waals surface area contributed by atoms with Gasteiger partial charge in [0.05, 0.1) is 18.9 Å². The molecule has 0 radical (unpaired) electrons. The normalized spacial score (nSPS) is 14.3. The lowest BCUT2D eigenvalue weighted by Crippen LogP contribution is -2.28. The molecule has 4 heterocycles. The van der Waals surface area contributed by atoms with Crippen molar-refractivity contribution in [2.24, 2.45) is 0 Å². The highest BCUT2D eigenvalue weighted by Gasteiger charge is 2.19. The lowest BCUT2D eigenvalue weighted by atomic mass is 10.1. The van der Waals surface area contributed by atoms with Gasteiger partial charge in [-0.15, -0.1) is 15.3 Å². The molecule has 182 valence electrons. The van der Waals surface area contributed by atoms with E-state index < -0.39 is 6.09 Å². The Morgan fingerprint density at radius 3 is 2.74 bits per heavy atom. The zero-order valence-electron chi connectivity index (χ0n) is 19.4. The number of nitrogens with zero attached hydrogens (tertiary/aromatic N) is 4. The van der Waals surface area contributed by atoms with Crippen molar-refractivity contribution in [3.63, 3.8) is 0 Å². The van der Waals surface area contributed by atoms with Crippen LogP contribution in [-0.2, 0) is 28.7 Å². The molecular weight excluding hydrogens is 464 g/mol. The van der Waals surface area contributed by atoms with E-state index in [2.05, 4.69) is 67.1 Å². The zero-order chi connectivity index (χ0) is 23.9. The summed E-state index contributed by atoms with van der Waals surface area (Å²) in [6, 6.07) is 14.7. The van der Waals surface area contributed by atoms with Crippen molar-refractivity contribution in [2.75, 3.05) is 18.5 Å². The Balaban J connectivity index is 1.06. The molecule has 1 aliphatic rings. The second kappa shape index (κ2) is 11.4. The number of amides is 1. The van der Waals surface area contributed by atoms with Gasteiger partial charge in [0.15, 0.2) is 5.65 Å². The van der Waals surface area contributed by atoms with Crippen LogP contribution in [-0.4, -0.2) is 50.8 Å². The molecule has 2 N–H and O–H groups in total. The third-order valence-electron chi connectivity index (χ3n) is 5.91. The van der Waals surface area contributed by atoms with Crippen molar-refractivity contribution in [3.05, 3.63) is 64.4 Å². The van der Waals surface area contributed by atoms with Crippen LogP contribution in [0.3, 0.4) is 0 Å². The fourth-order valence-electron chi connectivity index (χ4n) is 4.11. The first-order valence-corrected chi connectivity index (χ1v) is 12.8. The van der Waals surface area contributed by atoms with Crippen LogP contribution in [0.4, 0.5) is 9.93 Å². The molecule has 1 amide bonds. The Bertz CT molecular complexity index is 1250. The highest BCUT2D eigenvalue weighted by Crippen LogP contribution is 2.20. The first-order valence-electron chi connectivity index (χ1n) is 12.0. The minimum absolute atomic E-state index is 0.0971. The van der Waals surface area contributed by atoms with E-state index in [4.69, 9.17) is 9.47 Å². The van der Waals surface area contributed by atoms with Crippen LogP contribution >= 0.6 is 11.3 Å². The summed E-state index contributed by atoms with van der Waals surface area (Å²) in [4.78, 5) is 15.4. The fourth-order valence-corrected chi connectivity index (χ4v) is 4.88. The average Bonchev–Trinajstić information content (AvgIpc) is 3.48. The molecule has 35 heavy (non-hydrogen) atoms. The fraction of sp³-hybridized carbons (Fsp3) is 0.400. The Hall–Kier alpha value is -3.37. The molecule has 9 nitrogen and oxygen atoms in total. The topological polar surface area (TPSA) is 115 Å². The van der Waals surface area contributed by atoms with Crippen LogP contribution in [0.1, 0.15) is 47.6 Å². The van der Waals surface area contributed by atoms with Gasteiger partial charge in [0.1, 0.15) is 11.1 Å². The summed E-state index contributed by atoms with van der Waals surface area (Å²) in [5.41, 5.74) is 4.20. The average molecular weight is 493 g/mol. The summed E-state index contributed by atoms with van der Waals surface area (Å²) < 4.78 is 10.7. The summed E-state index contributed by atoms with van der Waals surface area (Å²) >= 11 is 1.38. The Kier molecular flexibility index (Phi) is 7.59. The first-order chi connectivity index (χ1) is 17.2. The SMILES string of the molecule is O=C(Nc1nnc(CCCCc2cc3cc(Cc4ccccc4)[nH]c3nn2)s1)OC1CCOCC1. The number of H-pyrrole nitrogens is 1. The highest BCUT2D eigenvalue weighted by atomic mass is 32.1. The highest BCUT2D eigenvalue weighted by molar-refractivity contribution is 7.15. The standard InChI is InChI=1S/C25H28N6O3S/c32-25(34-21-10-12-33-13-11-21)27-24-31-29-22(35-24)9-5-4-8-19-15-18-16-20(26-23(18)30-28-19)14-17-6-2-1-3-7-17/h1-3,6-7,15-16,21H,4-5,8-14H2,(H,26,30)(H,27,31,32). The summed E-state index contributed by atoms with van der Waals surface area (Å²) in [5, 5.41) is 22.1. The molecule has 1 aliphatic heterocycles. The number of anilines is 1. The predicted octanol–water partition coefficient (Wildman–Crippen LogP) is 4.69. The number of fused-ring (bicyclic) bond motifs is 1. The number of nitrogens with one attached hydrogen (secondary N) is 2. The van der Waals surface area contributed by atoms with E-state index in [1.54, 1.807) is 0 Å². The molecule has 0 saturated carbocycles. The van der Waals surface area contributed by atoms with Gasteiger partial charge in [-0.3, -0.25) is 5.32 Å². The van der Waals surface area contributed by atoms with Crippen molar-refractivity contribution < 1.29 is 14.3 Å². The van der Waals surface area contributed by atoms with Crippen molar-refractivity contribution in [3.8, 4) is 0 Å². The zero-order valence-corrected chi connectivity index (χ0v) is 20.2. The van der Waals surface area contributed by atoms with E-state index in [0.29, 0.717) is 18.3 Å². The number of hydrogen-bond donors (Lipinski definition) is 2. The first kappa shape index (κ1) is 23.4. The molecular formula is C25H28N6O3S. The van der Waals surface area contributed by atoms with E-state index in [0.717, 1.165) is 72.4 Å². The quantitative estimate of drug-likeness (QED) is 0.326. The van der Waals surface area contributed by atoms with Gasteiger partial charge in [-0.2, -0.15) is 5.10 Å². The summed E-state index contributed by atoms with van der Waals surface area (Å²) in [6.07, 6.45) is 5.29. The Labute approximate surface area is 207 Å². The van der Waals surface area contributed by atoms with Crippen LogP contribution in [0.5, 0.6) is 0 Å². The van der Waals surface area contributed by atoms with Crippen molar-refractivity contribution in [1.29, 1.82) is 0 Å². The summed E-state index contributed by atoms with van der Waals surface area (Å²) in [6.45, 7) is 1.25. The van der Waals surface area contributed by atoms with Crippen LogP contribution in [0, 0.1) is 0 Å². The molecule has 1 aromatic carbocycles. The number of hydrogen-bond acceptors (Lipinski definition) is 8. The summed E-state index contributed by atoms with van der Waals surface area (Å²) in [5.74, 6) is 0. The van der Waals surface area contributed by atoms with Crippen molar-refractivity contribution in [2.45, 2.75) is 51.0 Å². The maximum Gasteiger partial charge on any atom is 0.413 e. The maximum atomic E-state index is 12.0. The molecule has 0 spiro atoms. The van der Waals surface area contributed by atoms with Crippen LogP contribution in [0.15, 0.2) is 42.5 Å². The lowest BCUT2D eigenvalue weighted by molar-refractivity contribution is 0.00592. The van der Waals surface area contributed by atoms with E-state index in [1.165, 1.54) is 16.9 Å². The minimum Gasteiger partial charge on any atom is -0.446 e. The maximum absolute atomic E-state index is 12.0. The molecule has 10 heteroatoms. The van der Waals surface area contributed by atoms with Gasteiger partial charge < -0.3 is 14.5 Å². The Morgan fingerprint density at radius 2 is 1.89 bits per heavy atom. The minimum atomic E-state index is -0.481. The van der Waals surface area contributed by atoms with Crippen molar-refractivity contribution >= 4 is 33.6 Å². The van der Waals surface area contributed by atoms with Gasteiger partial charge in [-0.25, -0.2) is 4.79 Å². The molecule has 1 saturated heterocycles. The molecule has 4 aromatic rings. The molecule has 5 rings (SSSR count). The van der Waals surface area contributed by atoms with Gasteiger partial charge in [0, 0.05) is 36.8 Å². The van der Waals surface area contributed by atoms with E-state index in [-0.39, 0.29) is 6.10 Å². The number of benzene rings is 1. The lowest BCUT2D eigenvalue weighted by Gasteiger charge is -2.21. The monoisotopic (exact) mass is 492 g/mol. The summed E-state index contributed by atoms with van der Waals surface area (Å²) in [7, 11) is 0. The number of rotatable bonds is 9. The molecule has 0 atom stereocenters. The van der Waals surface area contributed by atoms with E-state index in [9.17, 15) is 4.79 Å². The molecule has 3 aromatic heterocycles. The van der Waals surface area contributed by atoms with Gasteiger partial charge >= 0.3 is 6.09 Å². The molecule has 0 aliphatic carbocycles. The van der Waals surface area contributed by atoms with Gasteiger partial charge in [-0.05, 0) is 37.0 Å². The molecule has 0 bridgehead atoms. The number of aryl methyl sites for hydroxylation is 2. The molecule has 1 fully saturated rings. The van der Waals surface area contributed by atoms with E-state index >= 15 is 0 Å². The van der Waals surface area contributed by atoms with Crippen LogP contribution in [0.2, 0.25) is 0 Å². The van der Waals surface area contributed by atoms with Gasteiger partial charge in [-0.1, -0.05) is 41.7 Å². The van der Waals surface area contributed by atoms with E-state index in [1.807, 2.05) is 6.07 Å². The smallest absolute Gasteiger partial charge is 0.413 e.